The molecule has 0 unspecified atom stereocenters. The van der Waals surface area contributed by atoms with Gasteiger partial charge in [-0.05, 0) is 126 Å². The van der Waals surface area contributed by atoms with E-state index >= 15 is 26.3 Å². The van der Waals surface area contributed by atoms with E-state index in [4.69, 9.17) is 14.7 Å². The van der Waals surface area contributed by atoms with Crippen molar-refractivity contribution in [2.24, 2.45) is 0 Å². The van der Waals surface area contributed by atoms with Crippen LogP contribution in [0.15, 0.2) is 169 Å². The maximum Gasteiger partial charge on any atom is 0.411 e. The molecular weight excluding hydrogens is 961 g/mol. The standard InChI is InChI=1S/C55H35F6N3O7S/c1-32-7-3-12-49(46(32)30-62)68-39-21-17-37(18-22-39)53(54(56,57)58,55(59,60)61)38-19-23-40(24-20-38)69-50-13-5-10-42(47(50)31-63)35-16-25-43(45(29-35)52(66)48-11-6-26-64-48)34-15-14-33(2)44(28-34)51(65)36-8-4-9-41(27-36)72-71-70-67/h3-29,64,67H,1-2H3. The molecule has 0 atom stereocenters. The van der Waals surface area contributed by atoms with Crippen LogP contribution in [-0.4, -0.2) is 34.2 Å². The number of H-pyrrole nitrogens is 1. The lowest BCUT2D eigenvalue weighted by Crippen LogP contribution is -2.54. The molecule has 2 N–H and O–H groups in total. The van der Waals surface area contributed by atoms with Crippen LogP contribution in [0.3, 0.4) is 0 Å². The van der Waals surface area contributed by atoms with Gasteiger partial charge in [0.05, 0.1) is 23.3 Å². The van der Waals surface area contributed by atoms with Crippen molar-refractivity contribution >= 4 is 23.6 Å². The maximum absolute atomic E-state index is 15.1. The van der Waals surface area contributed by atoms with Gasteiger partial charge in [-0.2, -0.15) is 36.9 Å². The van der Waals surface area contributed by atoms with E-state index in [-0.39, 0.29) is 56.7 Å². The van der Waals surface area contributed by atoms with Crippen molar-refractivity contribution in [2.45, 2.75) is 36.5 Å². The van der Waals surface area contributed by atoms with Crippen LogP contribution in [0.4, 0.5) is 26.3 Å². The molecule has 7 aromatic carbocycles. The number of nitriles is 2. The SMILES string of the molecule is Cc1ccc(-c2ccc(-c3cccc(Oc4ccc(C(c5ccc(Oc6cccc(C)c6C#N)cc5)(C(F)(F)F)C(F)(F)F)cc4)c3C#N)cc2C(=O)c2ccc[nH]2)cc1C(=O)c1cccc(SOOO)c1. The third kappa shape index (κ3) is 9.70. The third-order valence-corrected chi connectivity index (χ3v) is 12.4. The van der Waals surface area contributed by atoms with E-state index in [2.05, 4.69) is 20.4 Å². The molecule has 0 bridgehead atoms. The molecule has 8 aromatic rings. The van der Waals surface area contributed by atoms with Crippen LogP contribution in [0.1, 0.15) is 65.4 Å². The highest BCUT2D eigenvalue weighted by Gasteiger charge is 2.72. The lowest BCUT2D eigenvalue weighted by atomic mass is 9.73. The fraction of sp³-hybridized carbons (Fsp3) is 0.0909. The third-order valence-electron chi connectivity index (χ3n) is 11.8. The van der Waals surface area contributed by atoms with Crippen LogP contribution >= 0.6 is 12.0 Å². The van der Waals surface area contributed by atoms with Crippen LogP contribution in [0.5, 0.6) is 23.0 Å². The summed E-state index contributed by atoms with van der Waals surface area (Å²) in [6.45, 7) is 3.40. The predicted molar refractivity (Wildman–Crippen MR) is 253 cm³/mol. The van der Waals surface area contributed by atoms with Gasteiger partial charge in [0.15, 0.2) is 5.78 Å². The Hall–Kier alpha value is -8.45. The molecule has 10 nitrogen and oxygen atoms in total. The molecule has 0 fully saturated rings. The van der Waals surface area contributed by atoms with Crippen LogP contribution in [-0.2, 0) is 14.8 Å². The number of nitrogens with one attached hydrogen (secondary N) is 1. The highest BCUT2D eigenvalue weighted by Crippen LogP contribution is 2.56. The molecule has 0 aliphatic rings. The number of alkyl halides is 6. The molecule has 8 rings (SSSR count). The van der Waals surface area contributed by atoms with Gasteiger partial charge >= 0.3 is 12.4 Å². The number of rotatable bonds is 15. The van der Waals surface area contributed by atoms with Gasteiger partial charge in [0.1, 0.15) is 40.7 Å². The molecular formula is C55H35F6N3O7S. The number of hydrogen-bond acceptors (Lipinski definition) is 10. The number of aryl methyl sites for hydroxylation is 2. The van der Waals surface area contributed by atoms with Crippen molar-refractivity contribution in [2.75, 3.05) is 0 Å². The van der Waals surface area contributed by atoms with Crippen molar-refractivity contribution in [3.8, 4) is 57.4 Å². The smallest absolute Gasteiger partial charge is 0.411 e. The first-order valence-electron chi connectivity index (χ1n) is 21.4. The van der Waals surface area contributed by atoms with Gasteiger partial charge in [0.2, 0.25) is 11.2 Å². The minimum atomic E-state index is -5.90. The van der Waals surface area contributed by atoms with Crippen LogP contribution < -0.4 is 9.47 Å². The minimum absolute atomic E-state index is 0.0676. The number of aromatic amines is 1. The fourth-order valence-corrected chi connectivity index (χ4v) is 8.74. The zero-order valence-corrected chi connectivity index (χ0v) is 38.4. The lowest BCUT2D eigenvalue weighted by molar-refractivity contribution is -0.432. The molecule has 1 heterocycles. The molecule has 0 aliphatic heterocycles. The number of ether oxygens (including phenoxy) is 2. The highest BCUT2D eigenvalue weighted by molar-refractivity contribution is 7.94. The number of hydrogen-bond donors (Lipinski definition) is 2. The topological polar surface area (TPSA) is 155 Å². The Morgan fingerprint density at radius 3 is 1.74 bits per heavy atom. The Bertz CT molecular complexity index is 3400. The van der Waals surface area contributed by atoms with Crippen molar-refractivity contribution in [1.82, 2.24) is 4.98 Å². The quantitative estimate of drug-likeness (QED) is 0.0333. The summed E-state index contributed by atoms with van der Waals surface area (Å²) in [6.07, 6.45) is -10.2. The zero-order valence-electron chi connectivity index (χ0n) is 37.6. The Kier molecular flexibility index (Phi) is 14.2. The van der Waals surface area contributed by atoms with Crippen molar-refractivity contribution in [1.29, 1.82) is 10.5 Å². The summed E-state index contributed by atoms with van der Waals surface area (Å²) in [7, 11) is 0. The van der Waals surface area contributed by atoms with E-state index < -0.39 is 34.7 Å². The van der Waals surface area contributed by atoms with E-state index in [1.54, 1.807) is 111 Å². The first-order chi connectivity index (χ1) is 34.5. The molecule has 0 aliphatic carbocycles. The lowest BCUT2D eigenvalue weighted by Gasteiger charge is -2.38. The van der Waals surface area contributed by atoms with Gasteiger partial charge < -0.3 is 14.5 Å². The second-order valence-corrected chi connectivity index (χ2v) is 16.9. The molecule has 0 saturated heterocycles. The average molecular weight is 996 g/mol. The summed E-state index contributed by atoms with van der Waals surface area (Å²) in [6, 6.07) is 39.4. The molecule has 0 spiro atoms. The predicted octanol–water partition coefficient (Wildman–Crippen LogP) is 14.6. The van der Waals surface area contributed by atoms with Crippen molar-refractivity contribution in [3.05, 3.63) is 220 Å². The summed E-state index contributed by atoms with van der Waals surface area (Å²) in [5, 5.41) is 32.3. The van der Waals surface area contributed by atoms with Crippen molar-refractivity contribution < 1.29 is 60.0 Å². The number of ketones is 2. The van der Waals surface area contributed by atoms with Crippen LogP contribution in [0.2, 0.25) is 0 Å². The monoisotopic (exact) mass is 995 g/mol. The van der Waals surface area contributed by atoms with Gasteiger partial charge in [0, 0.05) is 33.3 Å². The number of nitrogens with zero attached hydrogens (tertiary/aromatic N) is 2. The van der Waals surface area contributed by atoms with E-state index in [9.17, 15) is 20.1 Å². The summed E-state index contributed by atoms with van der Waals surface area (Å²) >= 11 is 0.691. The van der Waals surface area contributed by atoms with E-state index in [0.29, 0.717) is 80.1 Å². The summed E-state index contributed by atoms with van der Waals surface area (Å²) < 4.78 is 107. The van der Waals surface area contributed by atoms with Gasteiger partial charge in [-0.3, -0.25) is 9.59 Å². The van der Waals surface area contributed by atoms with E-state index in [1.165, 1.54) is 18.2 Å². The Morgan fingerprint density at radius 2 is 1.15 bits per heavy atom. The summed E-state index contributed by atoms with van der Waals surface area (Å²) in [4.78, 5) is 31.5. The number of benzene rings is 7. The van der Waals surface area contributed by atoms with Crippen molar-refractivity contribution in [3.63, 3.8) is 0 Å². The number of halogens is 6. The Labute approximate surface area is 411 Å². The first kappa shape index (κ1) is 50.0. The maximum atomic E-state index is 15.1. The molecule has 0 radical (unpaired) electrons. The second-order valence-electron chi connectivity index (χ2n) is 16.1. The Morgan fingerprint density at radius 1 is 0.583 bits per heavy atom. The summed E-state index contributed by atoms with van der Waals surface area (Å²) in [5.41, 5.74) is -2.89. The fourth-order valence-electron chi connectivity index (χ4n) is 8.32. The molecule has 17 heteroatoms. The normalized spacial score (nSPS) is 11.7. The Balaban J connectivity index is 1.13. The average Bonchev–Trinajstić information content (AvgIpc) is 3.91. The molecule has 0 amide bonds. The highest BCUT2D eigenvalue weighted by atomic mass is 32.2. The van der Waals surface area contributed by atoms with Crippen LogP contribution in [0, 0.1) is 36.5 Å². The minimum Gasteiger partial charge on any atom is -0.456 e. The second kappa shape index (κ2) is 20.5. The van der Waals surface area contributed by atoms with Gasteiger partial charge in [-0.1, -0.05) is 90.0 Å². The first-order valence-corrected chi connectivity index (χ1v) is 22.2. The van der Waals surface area contributed by atoms with E-state index in [0.717, 1.165) is 24.3 Å². The number of carbonyl (C=O) groups is 2. The molecule has 1 aromatic heterocycles. The summed E-state index contributed by atoms with van der Waals surface area (Å²) in [5.74, 6) is -1.09. The zero-order chi connectivity index (χ0) is 51.4. The van der Waals surface area contributed by atoms with Gasteiger partial charge in [0.25, 0.3) is 0 Å². The van der Waals surface area contributed by atoms with Gasteiger partial charge in [-0.15, -0.1) is 4.33 Å². The largest absolute Gasteiger partial charge is 0.456 e. The van der Waals surface area contributed by atoms with E-state index in [1.807, 2.05) is 6.07 Å². The van der Waals surface area contributed by atoms with Gasteiger partial charge in [-0.25, -0.2) is 5.26 Å². The van der Waals surface area contributed by atoms with Crippen LogP contribution in [0.25, 0.3) is 22.3 Å². The number of carbonyl (C=O) groups excluding carboxylic acids is 2. The molecule has 360 valence electrons. The number of aromatic nitrogens is 1. The molecule has 72 heavy (non-hydrogen) atoms. The molecule has 0 saturated carbocycles.